The predicted molar refractivity (Wildman–Crippen MR) is 80.4 cm³/mol. The van der Waals surface area contributed by atoms with Gasteiger partial charge in [-0.2, -0.15) is 0 Å². The molecule has 0 amide bonds. The average Bonchev–Trinajstić information content (AvgIpc) is 2.35. The van der Waals surface area contributed by atoms with Crippen LogP contribution in [0.2, 0.25) is 0 Å². The Balaban J connectivity index is 1.87. The first-order chi connectivity index (χ1) is 9.11. The predicted octanol–water partition coefficient (Wildman–Crippen LogP) is 2.37. The highest BCUT2D eigenvalue weighted by atomic mass is 16.5. The maximum atomic E-state index is 5.24. The van der Waals surface area contributed by atoms with Gasteiger partial charge in [-0.25, -0.2) is 0 Å². The molecule has 0 spiro atoms. The molecule has 0 aromatic carbocycles. The molecular formula is C16H32N2O. The molecule has 0 aromatic rings. The van der Waals surface area contributed by atoms with E-state index in [1.165, 1.54) is 32.4 Å². The lowest BCUT2D eigenvalue weighted by Crippen LogP contribution is -2.58. The van der Waals surface area contributed by atoms with Crippen LogP contribution >= 0.6 is 0 Å². The van der Waals surface area contributed by atoms with Gasteiger partial charge in [0.2, 0.25) is 0 Å². The van der Waals surface area contributed by atoms with E-state index in [2.05, 4.69) is 31.0 Å². The first-order valence-corrected chi connectivity index (χ1v) is 8.08. The fourth-order valence-electron chi connectivity index (χ4n) is 3.91. The molecule has 2 rings (SSSR count). The van der Waals surface area contributed by atoms with E-state index >= 15 is 0 Å². The van der Waals surface area contributed by atoms with Crippen molar-refractivity contribution in [2.75, 3.05) is 33.4 Å². The minimum absolute atomic E-state index is 0.619. The number of nitrogens with zero attached hydrogens (tertiary/aromatic N) is 1. The maximum absolute atomic E-state index is 5.24. The molecule has 0 aromatic heterocycles. The molecule has 1 saturated heterocycles. The van der Waals surface area contributed by atoms with Crippen LogP contribution in [-0.2, 0) is 4.74 Å². The van der Waals surface area contributed by atoms with Crippen LogP contribution in [0.5, 0.6) is 0 Å². The summed E-state index contributed by atoms with van der Waals surface area (Å²) >= 11 is 0. The van der Waals surface area contributed by atoms with E-state index in [1.54, 1.807) is 7.11 Å². The van der Waals surface area contributed by atoms with Crippen LogP contribution in [0, 0.1) is 17.8 Å². The normalized spacial score (nSPS) is 33.6. The Labute approximate surface area is 119 Å². The fourth-order valence-corrected chi connectivity index (χ4v) is 3.91. The van der Waals surface area contributed by atoms with Gasteiger partial charge in [0.15, 0.2) is 0 Å². The Kier molecular flexibility index (Phi) is 5.67. The average molecular weight is 268 g/mol. The van der Waals surface area contributed by atoms with E-state index in [9.17, 15) is 0 Å². The number of ether oxygens (including phenoxy) is 1. The molecule has 3 atom stereocenters. The van der Waals surface area contributed by atoms with Gasteiger partial charge in [-0.1, -0.05) is 13.3 Å². The van der Waals surface area contributed by atoms with Gasteiger partial charge in [-0.05, 0) is 44.4 Å². The third-order valence-corrected chi connectivity index (χ3v) is 4.99. The van der Waals surface area contributed by atoms with Crippen LogP contribution < -0.4 is 5.32 Å². The molecule has 2 aliphatic rings. The summed E-state index contributed by atoms with van der Waals surface area (Å²) in [6.07, 6.45) is 4.26. The molecule has 1 aliphatic carbocycles. The monoisotopic (exact) mass is 268 g/mol. The Hall–Kier alpha value is -0.120. The highest BCUT2D eigenvalue weighted by molar-refractivity contribution is 4.95. The number of piperidine rings is 1. The fraction of sp³-hybridized carbons (Fsp3) is 1.00. The topological polar surface area (TPSA) is 24.5 Å². The van der Waals surface area contributed by atoms with Crippen molar-refractivity contribution >= 4 is 0 Å². The SMILES string of the molecule is COCC(C)CNC1C2CCCC1CN(C(C)C)C2. The van der Waals surface area contributed by atoms with Crippen molar-refractivity contribution in [2.24, 2.45) is 17.8 Å². The van der Waals surface area contributed by atoms with E-state index in [4.69, 9.17) is 4.74 Å². The summed E-state index contributed by atoms with van der Waals surface area (Å²) in [5.41, 5.74) is 0. The minimum atomic E-state index is 0.619. The lowest BCUT2D eigenvalue weighted by Gasteiger charge is -2.49. The Morgan fingerprint density at radius 3 is 2.32 bits per heavy atom. The van der Waals surface area contributed by atoms with E-state index in [0.29, 0.717) is 12.0 Å². The van der Waals surface area contributed by atoms with Crippen molar-refractivity contribution < 1.29 is 4.74 Å². The molecule has 3 unspecified atom stereocenters. The summed E-state index contributed by atoms with van der Waals surface area (Å²) in [6.45, 7) is 11.5. The second-order valence-electron chi connectivity index (χ2n) is 6.99. The van der Waals surface area contributed by atoms with Crippen molar-refractivity contribution in [1.29, 1.82) is 0 Å². The van der Waals surface area contributed by atoms with Crippen LogP contribution in [0.4, 0.5) is 0 Å². The highest BCUT2D eigenvalue weighted by Crippen LogP contribution is 2.35. The molecule has 112 valence electrons. The zero-order chi connectivity index (χ0) is 13.8. The van der Waals surface area contributed by atoms with Gasteiger partial charge >= 0.3 is 0 Å². The lowest BCUT2D eigenvalue weighted by atomic mass is 9.73. The van der Waals surface area contributed by atoms with Crippen LogP contribution in [-0.4, -0.2) is 50.3 Å². The molecule has 2 fully saturated rings. The maximum Gasteiger partial charge on any atom is 0.0499 e. The number of rotatable bonds is 6. The summed E-state index contributed by atoms with van der Waals surface area (Å²) < 4.78 is 5.24. The summed E-state index contributed by atoms with van der Waals surface area (Å²) in [5, 5.41) is 3.86. The smallest absolute Gasteiger partial charge is 0.0499 e. The molecule has 1 saturated carbocycles. The molecule has 1 N–H and O–H groups in total. The molecule has 3 heteroatoms. The molecule has 1 aliphatic heterocycles. The number of hydrogen-bond donors (Lipinski definition) is 1. The number of likely N-dealkylation sites (tertiary alicyclic amines) is 1. The molecule has 19 heavy (non-hydrogen) atoms. The quantitative estimate of drug-likeness (QED) is 0.800. The van der Waals surface area contributed by atoms with E-state index in [1.807, 2.05) is 0 Å². The number of hydrogen-bond acceptors (Lipinski definition) is 3. The van der Waals surface area contributed by atoms with Gasteiger partial charge in [0.25, 0.3) is 0 Å². The summed E-state index contributed by atoms with van der Waals surface area (Å²) in [6, 6.07) is 1.46. The minimum Gasteiger partial charge on any atom is -0.384 e. The van der Waals surface area contributed by atoms with Gasteiger partial charge in [0.05, 0.1) is 0 Å². The zero-order valence-electron chi connectivity index (χ0n) is 13.2. The summed E-state index contributed by atoms with van der Waals surface area (Å²) in [7, 11) is 1.80. The van der Waals surface area contributed by atoms with Crippen molar-refractivity contribution in [3.8, 4) is 0 Å². The molecular weight excluding hydrogens is 236 g/mol. The van der Waals surface area contributed by atoms with Crippen LogP contribution in [0.15, 0.2) is 0 Å². The van der Waals surface area contributed by atoms with Gasteiger partial charge in [0, 0.05) is 45.4 Å². The standard InChI is InChI=1S/C16H32N2O/c1-12(2)18-9-14-6-5-7-15(10-18)16(14)17-8-13(3)11-19-4/h12-17H,5-11H2,1-4H3. The first kappa shape index (κ1) is 15.3. The Morgan fingerprint density at radius 1 is 1.16 bits per heavy atom. The number of nitrogens with one attached hydrogen (secondary N) is 1. The van der Waals surface area contributed by atoms with Crippen LogP contribution in [0.3, 0.4) is 0 Å². The van der Waals surface area contributed by atoms with E-state index in [-0.39, 0.29) is 0 Å². The number of methoxy groups -OCH3 is 1. The Bertz CT molecular complexity index is 255. The largest absolute Gasteiger partial charge is 0.384 e. The lowest BCUT2D eigenvalue weighted by molar-refractivity contribution is 0.0267. The van der Waals surface area contributed by atoms with E-state index < -0.39 is 0 Å². The third kappa shape index (κ3) is 3.93. The van der Waals surface area contributed by atoms with Crippen molar-refractivity contribution in [1.82, 2.24) is 10.2 Å². The van der Waals surface area contributed by atoms with Crippen molar-refractivity contribution in [3.05, 3.63) is 0 Å². The van der Waals surface area contributed by atoms with Gasteiger partial charge < -0.3 is 15.0 Å². The molecule has 2 bridgehead atoms. The Morgan fingerprint density at radius 2 is 1.79 bits per heavy atom. The van der Waals surface area contributed by atoms with Crippen LogP contribution in [0.25, 0.3) is 0 Å². The van der Waals surface area contributed by atoms with E-state index in [0.717, 1.165) is 31.0 Å². The molecule has 1 heterocycles. The molecule has 3 nitrogen and oxygen atoms in total. The van der Waals surface area contributed by atoms with Gasteiger partial charge in [-0.3, -0.25) is 0 Å². The highest BCUT2D eigenvalue weighted by Gasteiger charge is 2.39. The summed E-state index contributed by atoms with van der Waals surface area (Å²) in [4.78, 5) is 2.69. The van der Waals surface area contributed by atoms with Gasteiger partial charge in [0.1, 0.15) is 0 Å². The van der Waals surface area contributed by atoms with Crippen LogP contribution in [0.1, 0.15) is 40.0 Å². The third-order valence-electron chi connectivity index (χ3n) is 4.99. The van der Waals surface area contributed by atoms with Crippen molar-refractivity contribution in [3.63, 3.8) is 0 Å². The molecule has 0 radical (unpaired) electrons. The number of fused-ring (bicyclic) bond motifs is 2. The van der Waals surface area contributed by atoms with Gasteiger partial charge in [-0.15, -0.1) is 0 Å². The zero-order valence-corrected chi connectivity index (χ0v) is 13.2. The second kappa shape index (κ2) is 7.05. The van der Waals surface area contributed by atoms with Crippen molar-refractivity contribution in [2.45, 2.75) is 52.1 Å². The summed E-state index contributed by atoms with van der Waals surface area (Å²) in [5.74, 6) is 2.35. The first-order valence-electron chi connectivity index (χ1n) is 8.08. The second-order valence-corrected chi connectivity index (χ2v) is 6.99.